The van der Waals surface area contributed by atoms with Gasteiger partial charge in [0.1, 0.15) is 5.92 Å². The standard InChI is InChI=1S/C16H18O3S2/c1-4-19-15(18)13-12(10(2)17)16(20-3)21-14(13)11-8-6-5-7-9-11/h5-9,13-14H,4H2,1-3H3. The number of carbonyl (C=O) groups excluding carboxylic acids is 2. The fraction of sp³-hybridized carbons (Fsp3) is 0.375. The molecule has 1 aliphatic heterocycles. The van der Waals surface area contributed by atoms with E-state index in [0.29, 0.717) is 12.2 Å². The molecule has 5 heteroatoms. The Morgan fingerprint density at radius 1 is 1.29 bits per heavy atom. The zero-order chi connectivity index (χ0) is 15.4. The van der Waals surface area contributed by atoms with Crippen LogP contribution in [-0.2, 0) is 14.3 Å². The van der Waals surface area contributed by atoms with Crippen LogP contribution in [0.5, 0.6) is 0 Å². The molecule has 0 fully saturated rings. The number of carbonyl (C=O) groups is 2. The number of ether oxygens (including phenoxy) is 1. The lowest BCUT2D eigenvalue weighted by Gasteiger charge is -2.19. The lowest BCUT2D eigenvalue weighted by Crippen LogP contribution is -2.25. The molecule has 0 saturated heterocycles. The first-order valence-corrected chi connectivity index (χ1v) is 8.87. The smallest absolute Gasteiger partial charge is 0.315 e. The summed E-state index contributed by atoms with van der Waals surface area (Å²) in [4.78, 5) is 24.4. The van der Waals surface area contributed by atoms with Crippen molar-refractivity contribution in [3.05, 3.63) is 45.7 Å². The first-order chi connectivity index (χ1) is 10.1. The molecular weight excluding hydrogens is 304 g/mol. The predicted octanol–water partition coefficient (Wildman–Crippen LogP) is 3.82. The minimum absolute atomic E-state index is 0.0525. The number of benzene rings is 1. The van der Waals surface area contributed by atoms with Crippen LogP contribution in [-0.4, -0.2) is 24.6 Å². The maximum Gasteiger partial charge on any atom is 0.315 e. The molecule has 0 spiro atoms. The highest BCUT2D eigenvalue weighted by Crippen LogP contribution is 2.55. The van der Waals surface area contributed by atoms with Crippen LogP contribution in [0.3, 0.4) is 0 Å². The molecular formula is C16H18O3S2. The van der Waals surface area contributed by atoms with Crippen molar-refractivity contribution in [1.82, 2.24) is 0 Å². The third kappa shape index (κ3) is 3.35. The van der Waals surface area contributed by atoms with Gasteiger partial charge in [0, 0.05) is 9.81 Å². The Balaban J connectivity index is 2.44. The summed E-state index contributed by atoms with van der Waals surface area (Å²) in [5, 5.41) is -0.0911. The number of ketones is 1. The molecule has 0 saturated carbocycles. The summed E-state index contributed by atoms with van der Waals surface area (Å²) in [6.07, 6.45) is 1.93. The lowest BCUT2D eigenvalue weighted by atomic mass is 9.90. The molecule has 3 nitrogen and oxygen atoms in total. The summed E-state index contributed by atoms with van der Waals surface area (Å²) in [6.45, 7) is 3.62. The summed E-state index contributed by atoms with van der Waals surface area (Å²) in [6, 6.07) is 9.82. The van der Waals surface area contributed by atoms with Gasteiger partial charge in [0.25, 0.3) is 0 Å². The third-order valence-corrected chi connectivity index (χ3v) is 5.91. The van der Waals surface area contributed by atoms with Crippen LogP contribution < -0.4 is 0 Å². The maximum absolute atomic E-state index is 12.4. The molecule has 0 aliphatic carbocycles. The fourth-order valence-electron chi connectivity index (χ4n) is 2.42. The van der Waals surface area contributed by atoms with E-state index in [-0.39, 0.29) is 17.0 Å². The topological polar surface area (TPSA) is 43.4 Å². The minimum Gasteiger partial charge on any atom is -0.465 e. The van der Waals surface area contributed by atoms with Crippen LogP contribution in [0, 0.1) is 5.92 Å². The van der Waals surface area contributed by atoms with Gasteiger partial charge in [-0.1, -0.05) is 30.3 Å². The van der Waals surface area contributed by atoms with Crippen molar-refractivity contribution in [2.24, 2.45) is 5.92 Å². The van der Waals surface area contributed by atoms with E-state index in [1.807, 2.05) is 36.6 Å². The quantitative estimate of drug-likeness (QED) is 0.771. The highest BCUT2D eigenvalue weighted by molar-refractivity contribution is 8.22. The van der Waals surface area contributed by atoms with Crippen molar-refractivity contribution in [1.29, 1.82) is 0 Å². The number of thioether (sulfide) groups is 2. The molecule has 0 radical (unpaired) electrons. The van der Waals surface area contributed by atoms with Crippen LogP contribution >= 0.6 is 23.5 Å². The first-order valence-electron chi connectivity index (χ1n) is 6.77. The van der Waals surface area contributed by atoms with Crippen molar-refractivity contribution in [3.8, 4) is 0 Å². The highest BCUT2D eigenvalue weighted by atomic mass is 32.2. The van der Waals surface area contributed by atoms with Gasteiger partial charge >= 0.3 is 5.97 Å². The average Bonchev–Trinajstić information content (AvgIpc) is 2.88. The maximum atomic E-state index is 12.4. The van der Waals surface area contributed by atoms with Crippen molar-refractivity contribution in [2.75, 3.05) is 12.9 Å². The molecule has 1 heterocycles. The molecule has 2 rings (SSSR count). The monoisotopic (exact) mass is 322 g/mol. The fourth-order valence-corrected chi connectivity index (χ4v) is 4.91. The van der Waals surface area contributed by atoms with E-state index >= 15 is 0 Å². The molecule has 0 bridgehead atoms. The number of hydrogen-bond acceptors (Lipinski definition) is 5. The van der Waals surface area contributed by atoms with Crippen LogP contribution in [0.2, 0.25) is 0 Å². The van der Waals surface area contributed by atoms with Crippen molar-refractivity contribution in [3.63, 3.8) is 0 Å². The normalized spacial score (nSPS) is 21.5. The van der Waals surface area contributed by atoms with Gasteiger partial charge in [0.2, 0.25) is 0 Å². The predicted molar refractivity (Wildman–Crippen MR) is 88.1 cm³/mol. The number of esters is 1. The molecule has 1 aromatic carbocycles. The van der Waals surface area contributed by atoms with Crippen LogP contribution in [0.1, 0.15) is 24.7 Å². The lowest BCUT2D eigenvalue weighted by molar-refractivity contribution is -0.147. The molecule has 0 aromatic heterocycles. The van der Waals surface area contributed by atoms with E-state index in [1.165, 1.54) is 18.7 Å². The molecule has 21 heavy (non-hydrogen) atoms. The van der Waals surface area contributed by atoms with Crippen molar-refractivity contribution >= 4 is 35.3 Å². The third-order valence-electron chi connectivity index (χ3n) is 3.30. The summed E-state index contributed by atoms with van der Waals surface area (Å²) in [5.74, 6) is -0.881. The SMILES string of the molecule is CCOC(=O)C1C(C(C)=O)=C(SC)SC1c1ccccc1. The van der Waals surface area contributed by atoms with E-state index in [2.05, 4.69) is 0 Å². The zero-order valence-electron chi connectivity index (χ0n) is 12.3. The van der Waals surface area contributed by atoms with Crippen LogP contribution in [0.15, 0.2) is 40.1 Å². The Morgan fingerprint density at radius 2 is 1.95 bits per heavy atom. The van der Waals surface area contributed by atoms with Gasteiger partial charge in [-0.3, -0.25) is 9.59 Å². The number of hydrogen-bond donors (Lipinski definition) is 0. The van der Waals surface area contributed by atoms with Gasteiger partial charge in [0.15, 0.2) is 5.78 Å². The van der Waals surface area contributed by atoms with E-state index in [0.717, 1.165) is 9.80 Å². The van der Waals surface area contributed by atoms with Gasteiger partial charge in [-0.2, -0.15) is 0 Å². The Morgan fingerprint density at radius 3 is 2.48 bits per heavy atom. The highest BCUT2D eigenvalue weighted by Gasteiger charge is 2.43. The number of rotatable bonds is 5. The van der Waals surface area contributed by atoms with Gasteiger partial charge in [-0.15, -0.1) is 23.5 Å². The molecule has 2 unspecified atom stereocenters. The van der Waals surface area contributed by atoms with Crippen LogP contribution in [0.4, 0.5) is 0 Å². The summed E-state index contributed by atoms with van der Waals surface area (Å²) in [7, 11) is 0. The van der Waals surface area contributed by atoms with Gasteiger partial charge in [-0.25, -0.2) is 0 Å². The van der Waals surface area contributed by atoms with Gasteiger partial charge in [-0.05, 0) is 25.7 Å². The van der Waals surface area contributed by atoms with E-state index in [9.17, 15) is 9.59 Å². The Labute approximate surface area is 133 Å². The second-order valence-corrected chi connectivity index (χ2v) is 6.87. The molecule has 1 aliphatic rings. The van der Waals surface area contributed by atoms with Crippen LogP contribution in [0.25, 0.3) is 0 Å². The molecule has 2 atom stereocenters. The Kier molecular flexibility index (Phi) is 5.53. The summed E-state index contributed by atoms with van der Waals surface area (Å²) < 4.78 is 6.13. The Bertz CT molecular complexity index is 566. The second kappa shape index (κ2) is 7.18. The largest absolute Gasteiger partial charge is 0.465 e. The first kappa shape index (κ1) is 16.2. The van der Waals surface area contributed by atoms with Gasteiger partial charge in [0.05, 0.1) is 11.9 Å². The number of Topliss-reactive ketones (excluding diaryl/α,β-unsaturated/α-hetero) is 1. The minimum atomic E-state index is -0.516. The van der Waals surface area contributed by atoms with Gasteiger partial charge < -0.3 is 4.74 Å². The summed E-state index contributed by atoms with van der Waals surface area (Å²) >= 11 is 3.10. The second-order valence-electron chi connectivity index (χ2n) is 4.64. The van der Waals surface area contributed by atoms with Crippen molar-refractivity contribution < 1.29 is 14.3 Å². The molecule has 0 N–H and O–H groups in total. The summed E-state index contributed by atoms with van der Waals surface area (Å²) in [5.41, 5.74) is 1.64. The Hall–Kier alpha value is -1.20. The van der Waals surface area contributed by atoms with E-state index in [1.54, 1.807) is 18.7 Å². The zero-order valence-corrected chi connectivity index (χ0v) is 13.9. The molecule has 1 aromatic rings. The average molecular weight is 322 g/mol. The van der Waals surface area contributed by atoms with Crippen molar-refractivity contribution in [2.45, 2.75) is 19.1 Å². The van der Waals surface area contributed by atoms with E-state index in [4.69, 9.17) is 4.74 Å². The molecule has 0 amide bonds. The molecule has 112 valence electrons. The van der Waals surface area contributed by atoms with E-state index < -0.39 is 5.92 Å².